The Hall–Kier alpha value is -2.40. The number of hydrogen-bond acceptors (Lipinski definition) is 10. The van der Waals surface area contributed by atoms with Crippen molar-refractivity contribution in [1.29, 1.82) is 0 Å². The molecule has 0 fully saturated rings. The lowest BCUT2D eigenvalue weighted by Gasteiger charge is -2.19. The van der Waals surface area contributed by atoms with Gasteiger partial charge in [0.1, 0.15) is 5.60 Å². The molecule has 11 nitrogen and oxygen atoms in total. The van der Waals surface area contributed by atoms with E-state index >= 15 is 0 Å². The molecule has 0 spiro atoms. The van der Waals surface area contributed by atoms with Crippen LogP contribution in [0.15, 0.2) is 0 Å². The normalized spacial score (nSPS) is 11.3. The number of nitrogens with zero attached hydrogens (tertiary/aromatic N) is 4. The van der Waals surface area contributed by atoms with Gasteiger partial charge in [-0.2, -0.15) is 15.0 Å². The van der Waals surface area contributed by atoms with Crippen molar-refractivity contribution in [2.45, 2.75) is 39.2 Å². The highest BCUT2D eigenvalue weighted by atomic mass is 16.6. The van der Waals surface area contributed by atoms with Crippen LogP contribution in [0.4, 0.5) is 22.6 Å². The summed E-state index contributed by atoms with van der Waals surface area (Å²) in [7, 11) is 4.01. The second kappa shape index (κ2) is 12.9. The van der Waals surface area contributed by atoms with Gasteiger partial charge in [0.2, 0.25) is 17.8 Å². The fourth-order valence-electron chi connectivity index (χ4n) is 2.10. The van der Waals surface area contributed by atoms with Gasteiger partial charge in [-0.3, -0.25) is 0 Å². The van der Waals surface area contributed by atoms with E-state index in [9.17, 15) is 4.79 Å². The number of alkyl carbamates (subject to hydrolysis) is 1. The number of aromatic nitrogens is 3. The van der Waals surface area contributed by atoms with E-state index in [0.717, 1.165) is 19.5 Å². The Balaban J connectivity index is 2.52. The third-order valence-corrected chi connectivity index (χ3v) is 3.45. The first-order chi connectivity index (χ1) is 13.7. The molecule has 1 aromatic rings. The molecule has 0 bridgehead atoms. The minimum Gasteiger partial charge on any atom is -0.444 e. The van der Waals surface area contributed by atoms with Crippen LogP contribution in [0.2, 0.25) is 0 Å². The van der Waals surface area contributed by atoms with Crippen molar-refractivity contribution in [3.8, 4) is 0 Å². The number of anilines is 3. The largest absolute Gasteiger partial charge is 0.444 e. The van der Waals surface area contributed by atoms with E-state index < -0.39 is 11.7 Å². The van der Waals surface area contributed by atoms with Gasteiger partial charge in [0, 0.05) is 32.7 Å². The Bertz CT molecular complexity index is 605. The highest BCUT2D eigenvalue weighted by Crippen LogP contribution is 2.09. The zero-order valence-corrected chi connectivity index (χ0v) is 18.3. The molecule has 1 rings (SSSR count). The Kier molecular flexibility index (Phi) is 11.0. The van der Waals surface area contributed by atoms with E-state index in [4.69, 9.17) is 10.5 Å². The van der Waals surface area contributed by atoms with Gasteiger partial charge in [-0.1, -0.05) is 0 Å². The third-order valence-electron chi connectivity index (χ3n) is 3.45. The van der Waals surface area contributed by atoms with E-state index in [0.29, 0.717) is 50.4 Å². The maximum atomic E-state index is 11.6. The number of rotatable bonds is 13. The lowest BCUT2D eigenvalue weighted by Crippen LogP contribution is -2.33. The van der Waals surface area contributed by atoms with Crippen molar-refractivity contribution in [3.63, 3.8) is 0 Å². The second-order valence-electron chi connectivity index (χ2n) is 7.81. The number of nitrogens with two attached hydrogens (primary N) is 1. The SMILES string of the molecule is CN(C)CCNc1nc(NCCCN)nc(NCCCNC(=O)OC(C)(C)C)n1. The molecule has 0 atom stereocenters. The molecule has 11 heteroatoms. The molecule has 166 valence electrons. The van der Waals surface area contributed by atoms with Crippen LogP contribution in [0.5, 0.6) is 0 Å². The summed E-state index contributed by atoms with van der Waals surface area (Å²) >= 11 is 0. The topological polar surface area (TPSA) is 142 Å². The molecular formula is C18H37N9O2. The van der Waals surface area contributed by atoms with Gasteiger partial charge < -0.3 is 36.6 Å². The van der Waals surface area contributed by atoms with E-state index in [-0.39, 0.29) is 0 Å². The predicted octanol–water partition coefficient (Wildman–Crippen LogP) is 0.933. The van der Waals surface area contributed by atoms with Crippen molar-refractivity contribution in [3.05, 3.63) is 0 Å². The van der Waals surface area contributed by atoms with E-state index in [1.807, 2.05) is 34.9 Å². The van der Waals surface area contributed by atoms with Gasteiger partial charge in [0.15, 0.2) is 0 Å². The van der Waals surface area contributed by atoms with E-state index in [1.165, 1.54) is 0 Å². The molecule has 0 saturated heterocycles. The van der Waals surface area contributed by atoms with Crippen LogP contribution in [0.3, 0.4) is 0 Å². The highest BCUT2D eigenvalue weighted by Gasteiger charge is 2.15. The van der Waals surface area contributed by atoms with Crippen LogP contribution in [0.1, 0.15) is 33.6 Å². The summed E-state index contributed by atoms with van der Waals surface area (Å²) < 4.78 is 5.20. The Morgan fingerprint density at radius 1 is 0.931 bits per heavy atom. The molecule has 1 amide bonds. The van der Waals surface area contributed by atoms with Gasteiger partial charge in [-0.25, -0.2) is 4.79 Å². The summed E-state index contributed by atoms with van der Waals surface area (Å²) in [6, 6.07) is 0. The highest BCUT2D eigenvalue weighted by molar-refractivity contribution is 5.67. The van der Waals surface area contributed by atoms with Crippen LogP contribution in [0, 0.1) is 0 Å². The maximum absolute atomic E-state index is 11.6. The monoisotopic (exact) mass is 411 g/mol. The quantitative estimate of drug-likeness (QED) is 0.297. The van der Waals surface area contributed by atoms with Crippen molar-refractivity contribution in [2.75, 3.05) is 69.3 Å². The molecular weight excluding hydrogens is 374 g/mol. The number of carbonyl (C=O) groups excluding carboxylic acids is 1. The van der Waals surface area contributed by atoms with E-state index in [2.05, 4.69) is 41.1 Å². The van der Waals surface area contributed by atoms with Crippen LogP contribution >= 0.6 is 0 Å². The van der Waals surface area contributed by atoms with Crippen molar-refractivity contribution >= 4 is 23.9 Å². The molecule has 0 aromatic carbocycles. The fourth-order valence-corrected chi connectivity index (χ4v) is 2.10. The molecule has 6 N–H and O–H groups in total. The van der Waals surface area contributed by atoms with Crippen LogP contribution < -0.4 is 27.0 Å². The lowest BCUT2D eigenvalue weighted by atomic mass is 10.2. The first-order valence-electron chi connectivity index (χ1n) is 9.99. The van der Waals surface area contributed by atoms with Gasteiger partial charge >= 0.3 is 6.09 Å². The molecule has 0 unspecified atom stereocenters. The lowest BCUT2D eigenvalue weighted by molar-refractivity contribution is 0.0528. The fraction of sp³-hybridized carbons (Fsp3) is 0.778. The third kappa shape index (κ3) is 12.6. The molecule has 1 aromatic heterocycles. The molecule has 0 radical (unpaired) electrons. The van der Waals surface area contributed by atoms with Gasteiger partial charge in [-0.15, -0.1) is 0 Å². The summed E-state index contributed by atoms with van der Waals surface area (Å²) in [6.45, 7) is 9.45. The van der Waals surface area contributed by atoms with Gasteiger partial charge in [0.25, 0.3) is 0 Å². The molecule has 0 aliphatic heterocycles. The summed E-state index contributed by atoms with van der Waals surface area (Å²) in [6.07, 6.45) is 1.11. The minimum absolute atomic E-state index is 0.420. The van der Waals surface area contributed by atoms with Crippen molar-refractivity contribution in [1.82, 2.24) is 25.2 Å². The van der Waals surface area contributed by atoms with Crippen molar-refractivity contribution < 1.29 is 9.53 Å². The average Bonchev–Trinajstić information content (AvgIpc) is 2.60. The standard InChI is InChI=1S/C18H37N9O2/c1-18(2,3)29-17(28)23-11-7-10-21-15-24-14(20-9-6-8-19)25-16(26-15)22-12-13-27(4)5/h6-13,19H2,1-5H3,(H,23,28)(H3,20,21,22,24,25,26). The van der Waals surface area contributed by atoms with Crippen LogP contribution in [-0.2, 0) is 4.74 Å². The smallest absolute Gasteiger partial charge is 0.407 e. The number of ether oxygens (including phenoxy) is 1. The minimum atomic E-state index is -0.503. The Labute approximate surface area is 173 Å². The Morgan fingerprint density at radius 2 is 1.45 bits per heavy atom. The average molecular weight is 412 g/mol. The number of hydrogen-bond donors (Lipinski definition) is 5. The van der Waals surface area contributed by atoms with Crippen molar-refractivity contribution in [2.24, 2.45) is 5.73 Å². The summed E-state index contributed by atoms with van der Waals surface area (Å²) in [5.74, 6) is 1.47. The molecule has 1 heterocycles. The zero-order valence-electron chi connectivity index (χ0n) is 18.3. The molecule has 0 saturated carbocycles. The summed E-state index contributed by atoms with van der Waals surface area (Å²) in [5.41, 5.74) is 5.03. The number of likely N-dealkylation sites (N-methyl/N-ethyl adjacent to an activating group) is 1. The van der Waals surface area contributed by atoms with Crippen LogP contribution in [0.25, 0.3) is 0 Å². The zero-order chi connectivity index (χ0) is 21.7. The number of amides is 1. The van der Waals surface area contributed by atoms with Gasteiger partial charge in [0.05, 0.1) is 0 Å². The second-order valence-corrected chi connectivity index (χ2v) is 7.81. The summed E-state index contributed by atoms with van der Waals surface area (Å²) in [4.78, 5) is 26.9. The molecule has 29 heavy (non-hydrogen) atoms. The number of nitrogens with one attached hydrogen (secondary N) is 4. The molecule has 0 aliphatic carbocycles. The van der Waals surface area contributed by atoms with Crippen LogP contribution in [-0.4, -0.2) is 84.9 Å². The predicted molar refractivity (Wildman–Crippen MR) is 116 cm³/mol. The number of carbonyl (C=O) groups is 1. The summed E-state index contributed by atoms with van der Waals surface area (Å²) in [5, 5.41) is 12.3. The van der Waals surface area contributed by atoms with E-state index in [1.54, 1.807) is 0 Å². The maximum Gasteiger partial charge on any atom is 0.407 e. The van der Waals surface area contributed by atoms with Gasteiger partial charge in [-0.05, 0) is 54.3 Å². The molecule has 0 aliphatic rings. The first-order valence-corrected chi connectivity index (χ1v) is 9.99. The first kappa shape index (κ1) is 24.6. The Morgan fingerprint density at radius 3 is 1.93 bits per heavy atom.